The van der Waals surface area contributed by atoms with Crippen molar-refractivity contribution in [1.29, 1.82) is 0 Å². The zero-order chi connectivity index (χ0) is 39.7. The van der Waals surface area contributed by atoms with Crippen molar-refractivity contribution in [3.63, 3.8) is 0 Å². The molecule has 55 heavy (non-hydrogen) atoms. The molecule has 10 heteroatoms. The number of carbonyl (C=O) groups is 5. The Morgan fingerprint density at radius 3 is 2.31 bits per heavy atom. The van der Waals surface area contributed by atoms with Crippen LogP contribution in [0.25, 0.3) is 0 Å². The van der Waals surface area contributed by atoms with E-state index in [-0.39, 0.29) is 53.4 Å². The molecule has 1 N–H and O–H groups in total. The molecule has 1 spiro atoms. The van der Waals surface area contributed by atoms with Crippen LogP contribution in [0, 0.1) is 69.5 Å². The lowest BCUT2D eigenvalue weighted by molar-refractivity contribution is -0.419. The number of hydrogen-bond acceptors (Lipinski definition) is 9. The van der Waals surface area contributed by atoms with Gasteiger partial charge < -0.3 is 14.6 Å². The molecule has 5 saturated carbocycles. The first-order valence-corrected chi connectivity index (χ1v) is 22.0. The van der Waals surface area contributed by atoms with Gasteiger partial charge in [0.15, 0.2) is 0 Å². The third kappa shape index (κ3) is 7.61. The van der Waals surface area contributed by atoms with Crippen LogP contribution in [0.3, 0.4) is 0 Å². The highest BCUT2D eigenvalue weighted by Gasteiger charge is 2.78. The normalized spacial score (nSPS) is 39.2. The zero-order valence-electron chi connectivity index (χ0n) is 34.4. The third-order valence-electron chi connectivity index (χ3n) is 15.8. The number of carboxylic acid groups (broad SMARTS) is 1. The van der Waals surface area contributed by atoms with E-state index in [0.717, 1.165) is 70.6 Å². The molecule has 7 aliphatic rings. The van der Waals surface area contributed by atoms with E-state index in [1.165, 1.54) is 6.42 Å². The van der Waals surface area contributed by atoms with Gasteiger partial charge in [0.1, 0.15) is 6.10 Å². The minimum absolute atomic E-state index is 0.0259. The molecular formula is C45H68O10. The molecule has 2 heterocycles. The van der Waals surface area contributed by atoms with Gasteiger partial charge in [-0.3, -0.25) is 24.0 Å². The van der Waals surface area contributed by atoms with Gasteiger partial charge in [0.05, 0.1) is 35.7 Å². The maximum atomic E-state index is 13.9. The lowest BCUT2D eigenvalue weighted by Gasteiger charge is -2.72. The monoisotopic (exact) mass is 768 g/mol. The maximum absolute atomic E-state index is 13.9. The molecular weight excluding hydrogens is 700 g/mol. The highest BCUT2D eigenvalue weighted by atomic mass is 17.2. The second-order valence-electron chi connectivity index (χ2n) is 19.2. The number of carboxylic acids is 1. The van der Waals surface area contributed by atoms with E-state index in [4.69, 9.17) is 19.2 Å². The van der Waals surface area contributed by atoms with Crippen LogP contribution in [-0.2, 0) is 43.2 Å². The first-order chi connectivity index (χ1) is 26.2. The van der Waals surface area contributed by atoms with Crippen LogP contribution in [0.4, 0.5) is 0 Å². The Morgan fingerprint density at radius 1 is 0.891 bits per heavy atom. The van der Waals surface area contributed by atoms with Crippen LogP contribution in [0.1, 0.15) is 157 Å². The summed E-state index contributed by atoms with van der Waals surface area (Å²) in [6.07, 6.45) is 18.4. The standard InChI is InChI=1S/C45H68O10/c1-7-9-11-13-15-18-29(20-19-28(17-14-12-10-8-2)30-26-34(46)52-39(30)47)54-55-38-35(27(3)4)31-25-33-43(5)22-16-23-44(6,42(50)51)32(43)21-24-45(33,38)37-36(31)40(48)53-41(37)49/h14,17,27-33,35-38H,7-13,15-16,18-26H2,1-6H3,(H,50,51)/b17-14+. The molecule has 0 amide bonds. The van der Waals surface area contributed by atoms with Crippen molar-refractivity contribution in [3.8, 4) is 0 Å². The van der Waals surface area contributed by atoms with Crippen LogP contribution in [0.5, 0.6) is 0 Å². The zero-order valence-corrected chi connectivity index (χ0v) is 34.4. The molecule has 0 aromatic carbocycles. The number of esters is 4. The molecule has 0 aromatic rings. The lowest BCUT2D eigenvalue weighted by Crippen LogP contribution is -2.73. The SMILES string of the molecule is CCCC/C=C/C(CCC(CCCCCCC)OOC1C(C(C)C)C2CC3C4(C)CCCC(C)(C(=O)O)C4CCC13C1C(=O)OC(=O)C21)C1CC(=O)OC1=O. The average Bonchev–Trinajstić information content (AvgIpc) is 3.65. The van der Waals surface area contributed by atoms with E-state index >= 15 is 0 Å². The van der Waals surface area contributed by atoms with Crippen molar-refractivity contribution >= 4 is 29.8 Å². The van der Waals surface area contributed by atoms with Gasteiger partial charge in [-0.2, -0.15) is 0 Å². The van der Waals surface area contributed by atoms with Crippen molar-refractivity contribution in [2.24, 2.45) is 69.5 Å². The first-order valence-electron chi connectivity index (χ1n) is 22.0. The summed E-state index contributed by atoms with van der Waals surface area (Å²) in [5, 5.41) is 10.6. The van der Waals surface area contributed by atoms with Crippen molar-refractivity contribution in [3.05, 3.63) is 12.2 Å². The van der Waals surface area contributed by atoms with E-state index in [0.29, 0.717) is 32.1 Å². The predicted octanol–water partition coefficient (Wildman–Crippen LogP) is 9.18. The molecule has 13 atom stereocenters. The number of carbonyl (C=O) groups excluding carboxylic acids is 4. The van der Waals surface area contributed by atoms with Gasteiger partial charge in [-0.1, -0.05) is 98.1 Å². The molecule has 2 aliphatic heterocycles. The van der Waals surface area contributed by atoms with Crippen molar-refractivity contribution in [1.82, 2.24) is 0 Å². The van der Waals surface area contributed by atoms with Crippen LogP contribution in [0.2, 0.25) is 0 Å². The first kappa shape index (κ1) is 42.0. The fraction of sp³-hybridized carbons (Fsp3) is 0.844. The Kier molecular flexibility index (Phi) is 13.1. The molecule has 10 nitrogen and oxygen atoms in total. The number of rotatable bonds is 19. The number of hydrogen-bond donors (Lipinski definition) is 1. The summed E-state index contributed by atoms with van der Waals surface area (Å²) in [6, 6.07) is 0. The van der Waals surface area contributed by atoms with Crippen LogP contribution >= 0.6 is 0 Å². The summed E-state index contributed by atoms with van der Waals surface area (Å²) in [6.45, 7) is 12.9. The fourth-order valence-corrected chi connectivity index (χ4v) is 13.3. The van der Waals surface area contributed by atoms with E-state index in [1.807, 2.05) is 6.92 Å². The highest BCUT2D eigenvalue weighted by molar-refractivity contribution is 5.98. The number of allylic oxidation sites excluding steroid dienone is 2. The van der Waals surface area contributed by atoms with E-state index in [1.54, 1.807) is 0 Å². The largest absolute Gasteiger partial charge is 0.481 e. The number of cyclic esters (lactones) is 4. The third-order valence-corrected chi connectivity index (χ3v) is 15.8. The van der Waals surface area contributed by atoms with Gasteiger partial charge in [0.25, 0.3) is 0 Å². The number of fused-ring (bicyclic) bond motifs is 2. The van der Waals surface area contributed by atoms with Gasteiger partial charge in [0, 0.05) is 5.41 Å². The fourth-order valence-electron chi connectivity index (χ4n) is 13.3. The van der Waals surface area contributed by atoms with Crippen LogP contribution in [0.15, 0.2) is 12.2 Å². The molecule has 2 bridgehead atoms. The van der Waals surface area contributed by atoms with Gasteiger partial charge in [0.2, 0.25) is 0 Å². The summed E-state index contributed by atoms with van der Waals surface area (Å²) < 4.78 is 10.5. The topological polar surface area (TPSA) is 143 Å². The minimum atomic E-state index is -0.859. The van der Waals surface area contributed by atoms with Gasteiger partial charge in [-0.25, -0.2) is 9.78 Å². The van der Waals surface area contributed by atoms with Crippen LogP contribution < -0.4 is 0 Å². The second kappa shape index (κ2) is 17.1. The van der Waals surface area contributed by atoms with Crippen molar-refractivity contribution in [2.45, 2.75) is 169 Å². The quantitative estimate of drug-likeness (QED) is 0.0338. The van der Waals surface area contributed by atoms with Gasteiger partial charge in [-0.05, 0) is 106 Å². The Hall–Kier alpha value is -2.59. The van der Waals surface area contributed by atoms with Gasteiger partial charge >= 0.3 is 29.8 Å². The maximum Gasteiger partial charge on any atom is 0.318 e. The minimum Gasteiger partial charge on any atom is -0.481 e. The smallest absolute Gasteiger partial charge is 0.318 e. The van der Waals surface area contributed by atoms with Gasteiger partial charge in [-0.15, -0.1) is 0 Å². The molecule has 0 aromatic heterocycles. The van der Waals surface area contributed by atoms with Crippen LogP contribution in [-0.4, -0.2) is 47.2 Å². The lowest BCUT2D eigenvalue weighted by atomic mass is 9.31. The van der Waals surface area contributed by atoms with Crippen molar-refractivity contribution < 1.29 is 48.3 Å². The van der Waals surface area contributed by atoms with E-state index in [9.17, 15) is 29.1 Å². The summed E-state index contributed by atoms with van der Waals surface area (Å²) in [4.78, 5) is 78.9. The van der Waals surface area contributed by atoms with E-state index in [2.05, 4.69) is 46.8 Å². The van der Waals surface area contributed by atoms with Crippen molar-refractivity contribution in [2.75, 3.05) is 0 Å². The highest BCUT2D eigenvalue weighted by Crippen LogP contribution is 2.76. The Morgan fingerprint density at radius 2 is 1.64 bits per heavy atom. The summed E-state index contributed by atoms with van der Waals surface area (Å²) >= 11 is 0. The summed E-state index contributed by atoms with van der Waals surface area (Å²) in [7, 11) is 0. The average molecular weight is 769 g/mol. The molecule has 7 fully saturated rings. The molecule has 308 valence electrons. The Bertz CT molecular complexity index is 1470. The predicted molar refractivity (Wildman–Crippen MR) is 205 cm³/mol. The number of unbranched alkanes of at least 4 members (excludes halogenated alkanes) is 6. The summed E-state index contributed by atoms with van der Waals surface area (Å²) in [5.41, 5.74) is -1.95. The van der Waals surface area contributed by atoms with E-state index < -0.39 is 64.5 Å². The molecule has 5 aliphatic carbocycles. The Labute approximate surface area is 328 Å². The molecule has 7 rings (SSSR count). The number of aliphatic carboxylic acids is 1. The molecule has 13 unspecified atom stereocenters. The Balaban J connectivity index is 1.31. The summed E-state index contributed by atoms with van der Waals surface area (Å²) in [5.74, 6) is -4.52. The second-order valence-corrected chi connectivity index (χ2v) is 19.2. The molecule has 2 saturated heterocycles. The number of ether oxygens (including phenoxy) is 2. The molecule has 0 radical (unpaired) electrons.